The van der Waals surface area contributed by atoms with Crippen LogP contribution in [-0.4, -0.2) is 30.9 Å². The van der Waals surface area contributed by atoms with E-state index in [1.165, 1.54) is 14.0 Å². The van der Waals surface area contributed by atoms with Crippen LogP contribution in [0.15, 0.2) is 84.9 Å². The summed E-state index contributed by atoms with van der Waals surface area (Å²) in [4.78, 5) is 36.9. The van der Waals surface area contributed by atoms with Gasteiger partial charge in [0, 0.05) is 24.1 Å². The van der Waals surface area contributed by atoms with Gasteiger partial charge in [-0.15, -0.1) is 0 Å². The molecule has 0 aliphatic heterocycles. The maximum absolute atomic E-state index is 13.0. The van der Waals surface area contributed by atoms with Crippen LogP contribution in [0.4, 0.5) is 5.69 Å². The van der Waals surface area contributed by atoms with Crippen LogP contribution in [0.2, 0.25) is 0 Å². The molecule has 3 rings (SSSR count). The zero-order chi connectivity index (χ0) is 22.2. The molecule has 1 atom stereocenters. The van der Waals surface area contributed by atoms with E-state index in [0.29, 0.717) is 11.3 Å². The van der Waals surface area contributed by atoms with Gasteiger partial charge in [0.25, 0.3) is 5.91 Å². The van der Waals surface area contributed by atoms with Crippen molar-refractivity contribution in [1.29, 1.82) is 0 Å². The monoisotopic (exact) mass is 416 g/mol. The molecule has 0 unspecified atom stereocenters. The lowest BCUT2D eigenvalue weighted by molar-refractivity contribution is -0.143. The quantitative estimate of drug-likeness (QED) is 0.575. The summed E-state index contributed by atoms with van der Waals surface area (Å²) in [7, 11) is 1.30. The molecule has 2 N–H and O–H groups in total. The number of carbonyl (C=O) groups is 3. The van der Waals surface area contributed by atoms with E-state index in [-0.39, 0.29) is 5.91 Å². The van der Waals surface area contributed by atoms with E-state index in [4.69, 9.17) is 4.74 Å². The number of ether oxygens (including phenoxy) is 1. The molecule has 0 spiro atoms. The summed E-state index contributed by atoms with van der Waals surface area (Å²) in [6.45, 7) is 1.41. The number of carbonyl (C=O) groups excluding carboxylic acids is 3. The average molecular weight is 416 g/mol. The summed E-state index contributed by atoms with van der Waals surface area (Å²) >= 11 is 0. The molecule has 6 nitrogen and oxygen atoms in total. The van der Waals surface area contributed by atoms with Gasteiger partial charge in [-0.25, -0.2) is 4.79 Å². The topological polar surface area (TPSA) is 84.5 Å². The second kappa shape index (κ2) is 10.2. The molecular weight excluding hydrogens is 392 g/mol. The predicted octanol–water partition coefficient (Wildman–Crippen LogP) is 3.75. The van der Waals surface area contributed by atoms with Crippen LogP contribution in [0, 0.1) is 0 Å². The van der Waals surface area contributed by atoms with Gasteiger partial charge in [-0.3, -0.25) is 9.59 Å². The number of methoxy groups -OCH3 is 1. The second-order valence-electron chi connectivity index (χ2n) is 7.03. The van der Waals surface area contributed by atoms with Crippen molar-refractivity contribution < 1.29 is 19.1 Å². The van der Waals surface area contributed by atoms with Crippen molar-refractivity contribution in [2.24, 2.45) is 0 Å². The fourth-order valence-corrected chi connectivity index (χ4v) is 3.44. The fraction of sp³-hybridized carbons (Fsp3) is 0.160. The Morgan fingerprint density at radius 1 is 0.774 bits per heavy atom. The zero-order valence-electron chi connectivity index (χ0n) is 17.4. The first-order valence-electron chi connectivity index (χ1n) is 9.86. The Labute approximate surface area is 181 Å². The molecule has 0 saturated heterocycles. The minimum absolute atomic E-state index is 0.198. The molecule has 3 aromatic rings. The maximum atomic E-state index is 13.0. The minimum atomic E-state index is -0.933. The highest BCUT2D eigenvalue weighted by molar-refractivity contribution is 5.98. The summed E-state index contributed by atoms with van der Waals surface area (Å²) in [5.41, 5.74) is 2.71. The Morgan fingerprint density at radius 2 is 1.29 bits per heavy atom. The standard InChI is InChI=1S/C25H24N2O4/c1-17(28)26-21-15-13-20(14-16-21)24(29)27-23(25(30)31-2)22(18-9-5-3-6-10-18)19-11-7-4-8-12-19/h3-16,22-23H,1-2H3,(H,26,28)(H,27,29)/t23-/m1/s1. The Morgan fingerprint density at radius 3 is 1.74 bits per heavy atom. The normalized spacial score (nSPS) is 11.5. The number of anilines is 1. The minimum Gasteiger partial charge on any atom is -0.467 e. The summed E-state index contributed by atoms with van der Waals surface area (Å²) in [5, 5.41) is 5.50. The van der Waals surface area contributed by atoms with Crippen LogP contribution < -0.4 is 10.6 Å². The van der Waals surface area contributed by atoms with Gasteiger partial charge in [0.1, 0.15) is 6.04 Å². The highest BCUT2D eigenvalue weighted by Gasteiger charge is 2.33. The van der Waals surface area contributed by atoms with Crippen LogP contribution >= 0.6 is 0 Å². The largest absolute Gasteiger partial charge is 0.467 e. The van der Waals surface area contributed by atoms with Gasteiger partial charge in [-0.05, 0) is 35.4 Å². The van der Waals surface area contributed by atoms with Crippen molar-refractivity contribution in [2.75, 3.05) is 12.4 Å². The van der Waals surface area contributed by atoms with E-state index < -0.39 is 23.8 Å². The van der Waals surface area contributed by atoms with E-state index in [2.05, 4.69) is 10.6 Å². The molecule has 31 heavy (non-hydrogen) atoms. The third-order valence-corrected chi connectivity index (χ3v) is 4.86. The van der Waals surface area contributed by atoms with Gasteiger partial charge in [-0.2, -0.15) is 0 Å². The molecule has 6 heteroatoms. The molecule has 0 heterocycles. The first-order valence-corrected chi connectivity index (χ1v) is 9.86. The molecule has 158 valence electrons. The lowest BCUT2D eigenvalue weighted by Crippen LogP contribution is -2.46. The van der Waals surface area contributed by atoms with Gasteiger partial charge in [0.15, 0.2) is 0 Å². The lowest BCUT2D eigenvalue weighted by Gasteiger charge is -2.27. The first kappa shape index (κ1) is 21.8. The molecule has 0 fully saturated rings. The number of hydrogen-bond acceptors (Lipinski definition) is 4. The van der Waals surface area contributed by atoms with Crippen molar-refractivity contribution in [3.63, 3.8) is 0 Å². The number of nitrogens with one attached hydrogen (secondary N) is 2. The van der Waals surface area contributed by atoms with Crippen molar-refractivity contribution >= 4 is 23.5 Å². The van der Waals surface area contributed by atoms with Gasteiger partial charge in [-0.1, -0.05) is 60.7 Å². The number of esters is 1. The van der Waals surface area contributed by atoms with Crippen LogP contribution in [0.1, 0.15) is 34.3 Å². The Hall–Kier alpha value is -3.93. The van der Waals surface area contributed by atoms with Crippen LogP contribution in [0.3, 0.4) is 0 Å². The van der Waals surface area contributed by atoms with Crippen molar-refractivity contribution in [3.8, 4) is 0 Å². The lowest BCUT2D eigenvalue weighted by atomic mass is 9.84. The Bertz CT molecular complexity index is 995. The Balaban J connectivity index is 1.93. The summed E-state index contributed by atoms with van der Waals surface area (Å²) in [6, 6.07) is 24.6. The Kier molecular flexibility index (Phi) is 7.17. The average Bonchev–Trinajstić information content (AvgIpc) is 2.79. The van der Waals surface area contributed by atoms with E-state index in [0.717, 1.165) is 11.1 Å². The van der Waals surface area contributed by atoms with Crippen LogP contribution in [0.25, 0.3) is 0 Å². The third-order valence-electron chi connectivity index (χ3n) is 4.86. The van der Waals surface area contributed by atoms with Gasteiger partial charge < -0.3 is 15.4 Å². The van der Waals surface area contributed by atoms with E-state index in [1.807, 2.05) is 60.7 Å². The highest BCUT2D eigenvalue weighted by Crippen LogP contribution is 2.29. The molecule has 0 aliphatic rings. The molecule has 3 aromatic carbocycles. The number of rotatable bonds is 7. The highest BCUT2D eigenvalue weighted by atomic mass is 16.5. The molecule has 2 amide bonds. The summed E-state index contributed by atoms with van der Waals surface area (Å²) in [6.07, 6.45) is 0. The van der Waals surface area contributed by atoms with Crippen LogP contribution in [0.5, 0.6) is 0 Å². The maximum Gasteiger partial charge on any atom is 0.329 e. The van der Waals surface area contributed by atoms with Crippen LogP contribution in [-0.2, 0) is 14.3 Å². The molecule has 0 radical (unpaired) electrons. The molecule has 0 bridgehead atoms. The number of hydrogen-bond donors (Lipinski definition) is 2. The first-order chi connectivity index (χ1) is 15.0. The van der Waals surface area contributed by atoms with E-state index in [9.17, 15) is 14.4 Å². The summed E-state index contributed by atoms with van der Waals surface area (Å²) < 4.78 is 5.03. The van der Waals surface area contributed by atoms with E-state index in [1.54, 1.807) is 24.3 Å². The van der Waals surface area contributed by atoms with Crippen molar-refractivity contribution in [3.05, 3.63) is 102 Å². The predicted molar refractivity (Wildman–Crippen MR) is 119 cm³/mol. The van der Waals surface area contributed by atoms with E-state index >= 15 is 0 Å². The molecule has 0 aliphatic carbocycles. The SMILES string of the molecule is COC(=O)[C@H](NC(=O)c1ccc(NC(C)=O)cc1)C(c1ccccc1)c1ccccc1. The van der Waals surface area contributed by atoms with Crippen molar-refractivity contribution in [1.82, 2.24) is 5.32 Å². The number of amides is 2. The smallest absolute Gasteiger partial charge is 0.329 e. The number of benzene rings is 3. The second-order valence-corrected chi connectivity index (χ2v) is 7.03. The van der Waals surface area contributed by atoms with Gasteiger partial charge >= 0.3 is 5.97 Å². The molecule has 0 aromatic heterocycles. The molecule has 0 saturated carbocycles. The summed E-state index contributed by atoms with van der Waals surface area (Å²) in [5.74, 6) is -1.59. The van der Waals surface area contributed by atoms with Gasteiger partial charge in [0.2, 0.25) is 5.91 Å². The van der Waals surface area contributed by atoms with Crippen molar-refractivity contribution in [2.45, 2.75) is 18.9 Å². The van der Waals surface area contributed by atoms with Gasteiger partial charge in [0.05, 0.1) is 7.11 Å². The zero-order valence-corrected chi connectivity index (χ0v) is 17.4. The fourth-order valence-electron chi connectivity index (χ4n) is 3.44. The third kappa shape index (κ3) is 5.57. The molecular formula is C25H24N2O4.